The van der Waals surface area contributed by atoms with E-state index in [1.54, 1.807) is 6.07 Å². The minimum atomic E-state index is -0.352. The zero-order chi connectivity index (χ0) is 20.2. The molecule has 1 fully saturated rings. The number of nitrogens with one attached hydrogen (secondary N) is 1. The van der Waals surface area contributed by atoms with Crippen LogP contribution in [0, 0.1) is 6.92 Å². The number of nitrogens with zero attached hydrogens (tertiary/aromatic N) is 2. The Morgan fingerprint density at radius 1 is 1.03 bits per heavy atom. The van der Waals surface area contributed by atoms with E-state index < -0.39 is 0 Å². The summed E-state index contributed by atoms with van der Waals surface area (Å²) >= 11 is 0. The van der Waals surface area contributed by atoms with E-state index in [0.29, 0.717) is 5.58 Å². The van der Waals surface area contributed by atoms with Crippen LogP contribution in [0.5, 0.6) is 0 Å². The van der Waals surface area contributed by atoms with Crippen molar-refractivity contribution in [2.75, 3.05) is 44.6 Å². The van der Waals surface area contributed by atoms with Crippen LogP contribution >= 0.6 is 0 Å². The van der Waals surface area contributed by atoms with Crippen LogP contribution in [-0.4, -0.2) is 55.0 Å². The van der Waals surface area contributed by atoms with E-state index in [-0.39, 0.29) is 11.5 Å². The fourth-order valence-electron chi connectivity index (χ4n) is 3.66. The predicted octanol–water partition coefficient (Wildman–Crippen LogP) is 2.97. The van der Waals surface area contributed by atoms with Crippen LogP contribution < -0.4 is 10.9 Å². The van der Waals surface area contributed by atoms with Crippen LogP contribution in [0.25, 0.3) is 11.0 Å². The molecule has 0 atom stereocenters. The number of fused-ring (bicyclic) bond motifs is 1. The van der Waals surface area contributed by atoms with E-state index in [1.807, 2.05) is 54.3 Å². The Balaban J connectivity index is 1.29. The third-order valence-corrected chi connectivity index (χ3v) is 5.35. The number of hydrogen-bond donors (Lipinski definition) is 1. The van der Waals surface area contributed by atoms with E-state index in [2.05, 4.69) is 10.2 Å². The highest BCUT2D eigenvalue weighted by atomic mass is 16.4. The Morgan fingerprint density at radius 2 is 1.76 bits per heavy atom. The molecule has 3 aromatic rings. The van der Waals surface area contributed by atoms with Crippen molar-refractivity contribution < 1.29 is 9.21 Å². The quantitative estimate of drug-likeness (QED) is 0.678. The SMILES string of the molecule is Cc1ccc(C(=O)N2CCN(CCNc3cc(=O)oc4ccccc34)CC2)cc1. The Bertz CT molecular complexity index is 1050. The molecule has 0 spiro atoms. The third kappa shape index (κ3) is 4.49. The molecular weight excluding hydrogens is 366 g/mol. The van der Waals surface area contributed by atoms with Crippen LogP contribution in [-0.2, 0) is 0 Å². The van der Waals surface area contributed by atoms with Crippen LogP contribution in [0.3, 0.4) is 0 Å². The molecule has 1 amide bonds. The highest BCUT2D eigenvalue weighted by Crippen LogP contribution is 2.20. The molecule has 6 nitrogen and oxygen atoms in total. The molecule has 0 radical (unpaired) electrons. The van der Waals surface area contributed by atoms with Crippen LogP contribution in [0.1, 0.15) is 15.9 Å². The largest absolute Gasteiger partial charge is 0.423 e. The lowest BCUT2D eigenvalue weighted by molar-refractivity contribution is 0.0642. The van der Waals surface area contributed by atoms with Gasteiger partial charge in [0.1, 0.15) is 5.58 Å². The van der Waals surface area contributed by atoms with Gasteiger partial charge in [0.15, 0.2) is 0 Å². The molecule has 1 N–H and O–H groups in total. The zero-order valence-electron chi connectivity index (χ0n) is 16.6. The number of carbonyl (C=O) groups excluding carboxylic acids is 1. The highest BCUT2D eigenvalue weighted by molar-refractivity contribution is 5.94. The molecule has 0 saturated carbocycles. The first-order valence-electron chi connectivity index (χ1n) is 9.95. The van der Waals surface area contributed by atoms with E-state index in [0.717, 1.165) is 61.5 Å². The van der Waals surface area contributed by atoms with Crippen molar-refractivity contribution in [3.63, 3.8) is 0 Å². The van der Waals surface area contributed by atoms with Gasteiger partial charge >= 0.3 is 5.63 Å². The summed E-state index contributed by atoms with van der Waals surface area (Å²) in [6.45, 7) is 6.73. The number of anilines is 1. The van der Waals surface area contributed by atoms with Gasteiger partial charge in [-0.15, -0.1) is 0 Å². The number of hydrogen-bond acceptors (Lipinski definition) is 5. The van der Waals surface area contributed by atoms with E-state index in [9.17, 15) is 9.59 Å². The lowest BCUT2D eigenvalue weighted by Crippen LogP contribution is -2.49. The van der Waals surface area contributed by atoms with Gasteiger partial charge in [-0.05, 0) is 31.2 Å². The summed E-state index contributed by atoms with van der Waals surface area (Å²) in [6.07, 6.45) is 0. The summed E-state index contributed by atoms with van der Waals surface area (Å²) in [6, 6.07) is 16.8. The molecule has 150 valence electrons. The normalized spacial score (nSPS) is 14.9. The number of para-hydroxylation sites is 1. The van der Waals surface area contributed by atoms with Crippen molar-refractivity contribution in [1.29, 1.82) is 0 Å². The topological polar surface area (TPSA) is 65.8 Å². The number of amides is 1. The second-order valence-electron chi connectivity index (χ2n) is 7.40. The summed E-state index contributed by atoms with van der Waals surface area (Å²) in [5, 5.41) is 4.26. The number of aryl methyl sites for hydroxylation is 1. The van der Waals surface area contributed by atoms with Crippen LogP contribution in [0.4, 0.5) is 5.69 Å². The number of carbonyl (C=O) groups is 1. The van der Waals surface area contributed by atoms with Crippen molar-refractivity contribution in [3.05, 3.63) is 76.1 Å². The number of rotatable bonds is 5. The van der Waals surface area contributed by atoms with Crippen molar-refractivity contribution in [2.45, 2.75) is 6.92 Å². The number of piperazine rings is 1. The smallest absolute Gasteiger partial charge is 0.338 e. The Hall–Kier alpha value is -3.12. The molecule has 6 heteroatoms. The molecule has 2 heterocycles. The van der Waals surface area contributed by atoms with Crippen molar-refractivity contribution >= 4 is 22.6 Å². The molecule has 1 aliphatic rings. The maximum absolute atomic E-state index is 12.6. The molecule has 1 aliphatic heterocycles. The predicted molar refractivity (Wildman–Crippen MR) is 114 cm³/mol. The summed E-state index contributed by atoms with van der Waals surface area (Å²) in [5.41, 5.74) is 2.94. The first-order chi connectivity index (χ1) is 14.1. The average Bonchev–Trinajstić information content (AvgIpc) is 2.74. The average molecular weight is 391 g/mol. The molecule has 1 aromatic heterocycles. The second kappa shape index (κ2) is 8.49. The van der Waals surface area contributed by atoms with Gasteiger partial charge in [0.2, 0.25) is 0 Å². The van der Waals surface area contributed by atoms with E-state index in [4.69, 9.17) is 4.42 Å². The first kappa shape index (κ1) is 19.2. The molecule has 0 aliphatic carbocycles. The van der Waals surface area contributed by atoms with Gasteiger partial charge in [0.25, 0.3) is 5.91 Å². The maximum Gasteiger partial charge on any atom is 0.338 e. The molecule has 29 heavy (non-hydrogen) atoms. The van der Waals surface area contributed by atoms with Gasteiger partial charge in [-0.25, -0.2) is 4.79 Å². The molecular formula is C23H25N3O3. The Kier molecular flexibility index (Phi) is 5.62. The molecule has 0 unspecified atom stereocenters. The third-order valence-electron chi connectivity index (χ3n) is 5.35. The van der Waals surface area contributed by atoms with Crippen molar-refractivity contribution in [1.82, 2.24) is 9.80 Å². The maximum atomic E-state index is 12.6. The second-order valence-corrected chi connectivity index (χ2v) is 7.40. The van der Waals surface area contributed by atoms with Gasteiger partial charge in [-0.2, -0.15) is 0 Å². The standard InChI is InChI=1S/C23H25N3O3/c1-17-6-8-18(9-7-17)23(28)26-14-12-25(13-15-26)11-10-24-20-16-22(27)29-21-5-3-2-4-19(20)21/h2-9,16,24H,10-15H2,1H3. The van der Waals surface area contributed by atoms with Crippen molar-refractivity contribution in [3.8, 4) is 0 Å². The summed E-state index contributed by atoms with van der Waals surface area (Å²) in [5.74, 6) is 0.102. The molecule has 2 aromatic carbocycles. The summed E-state index contributed by atoms with van der Waals surface area (Å²) in [4.78, 5) is 28.6. The van der Waals surface area contributed by atoms with E-state index >= 15 is 0 Å². The summed E-state index contributed by atoms with van der Waals surface area (Å²) in [7, 11) is 0. The monoisotopic (exact) mass is 391 g/mol. The minimum absolute atomic E-state index is 0.102. The van der Waals surface area contributed by atoms with E-state index in [1.165, 1.54) is 6.07 Å². The fraction of sp³-hybridized carbons (Fsp3) is 0.304. The summed E-state index contributed by atoms with van der Waals surface area (Å²) < 4.78 is 5.23. The van der Waals surface area contributed by atoms with Crippen LogP contribution in [0.15, 0.2) is 63.8 Å². The first-order valence-corrected chi connectivity index (χ1v) is 9.95. The Morgan fingerprint density at radius 3 is 2.52 bits per heavy atom. The minimum Gasteiger partial charge on any atom is -0.423 e. The highest BCUT2D eigenvalue weighted by Gasteiger charge is 2.21. The number of benzene rings is 2. The van der Waals surface area contributed by atoms with Gasteiger partial charge in [-0.3, -0.25) is 9.69 Å². The lowest BCUT2D eigenvalue weighted by Gasteiger charge is -2.34. The van der Waals surface area contributed by atoms with Crippen LogP contribution in [0.2, 0.25) is 0 Å². The van der Waals surface area contributed by atoms with Gasteiger partial charge in [0.05, 0.1) is 5.69 Å². The molecule has 0 bridgehead atoms. The van der Waals surface area contributed by atoms with Gasteiger partial charge < -0.3 is 14.6 Å². The Labute approximate surface area is 169 Å². The lowest BCUT2D eigenvalue weighted by atomic mass is 10.1. The fourth-order valence-corrected chi connectivity index (χ4v) is 3.66. The molecule has 1 saturated heterocycles. The molecule has 4 rings (SSSR count). The van der Waals surface area contributed by atoms with Gasteiger partial charge in [-0.1, -0.05) is 29.8 Å². The van der Waals surface area contributed by atoms with Gasteiger partial charge in [0, 0.05) is 56.3 Å². The zero-order valence-corrected chi connectivity index (χ0v) is 16.6. The van der Waals surface area contributed by atoms with Crippen molar-refractivity contribution in [2.24, 2.45) is 0 Å².